The van der Waals surface area contributed by atoms with Crippen LogP contribution in [0.4, 0.5) is 0 Å². The van der Waals surface area contributed by atoms with Crippen LogP contribution in [0.3, 0.4) is 0 Å². The zero-order valence-corrected chi connectivity index (χ0v) is 13.3. The molecule has 0 fully saturated rings. The van der Waals surface area contributed by atoms with E-state index in [1.807, 2.05) is 0 Å². The fraction of sp³-hybridized carbons (Fsp3) is 0.286. The number of carbonyl (C=O) groups is 1. The average Bonchev–Trinajstić information content (AvgIpc) is 2.91. The fourth-order valence-corrected chi connectivity index (χ4v) is 2.95. The lowest BCUT2D eigenvalue weighted by atomic mass is 10.2. The van der Waals surface area contributed by atoms with Crippen molar-refractivity contribution in [3.63, 3.8) is 0 Å². The van der Waals surface area contributed by atoms with E-state index in [1.54, 1.807) is 25.1 Å². The molecule has 1 aromatic carbocycles. The summed E-state index contributed by atoms with van der Waals surface area (Å²) in [6, 6.07) is 8.03. The van der Waals surface area contributed by atoms with Crippen molar-refractivity contribution in [2.45, 2.75) is 18.4 Å². The Labute approximate surface area is 129 Å². The van der Waals surface area contributed by atoms with Gasteiger partial charge in [0, 0.05) is 26.7 Å². The number of nitrogens with one attached hydrogen (secondary N) is 1. The number of nitrogens with zero attached hydrogens (tertiary/aromatic N) is 2. The van der Waals surface area contributed by atoms with Crippen molar-refractivity contribution in [1.82, 2.24) is 14.8 Å². The van der Waals surface area contributed by atoms with E-state index in [2.05, 4.69) is 10.5 Å². The minimum Gasteiger partial charge on any atom is -0.351 e. The van der Waals surface area contributed by atoms with E-state index in [1.165, 1.54) is 26.2 Å². The van der Waals surface area contributed by atoms with Gasteiger partial charge in [-0.3, -0.25) is 4.79 Å². The highest BCUT2D eigenvalue weighted by Crippen LogP contribution is 2.18. The van der Waals surface area contributed by atoms with Gasteiger partial charge in [-0.2, -0.15) is 0 Å². The summed E-state index contributed by atoms with van der Waals surface area (Å²) in [5.74, 6) is -0.358. The third-order valence-electron chi connectivity index (χ3n) is 3.02. The van der Waals surface area contributed by atoms with Crippen LogP contribution in [0, 0.1) is 6.92 Å². The molecule has 1 aromatic heterocycles. The molecule has 0 saturated carbocycles. The molecule has 1 N–H and O–H groups in total. The van der Waals surface area contributed by atoms with Gasteiger partial charge in [-0.05, 0) is 18.6 Å². The lowest BCUT2D eigenvalue weighted by molar-refractivity contribution is 0.0913. The molecule has 22 heavy (non-hydrogen) atoms. The zero-order chi connectivity index (χ0) is 16.3. The van der Waals surface area contributed by atoms with Crippen LogP contribution >= 0.6 is 0 Å². The van der Waals surface area contributed by atoms with Crippen LogP contribution in [-0.2, 0) is 16.6 Å². The van der Waals surface area contributed by atoms with Gasteiger partial charge in [-0.15, -0.1) is 0 Å². The molecule has 0 aliphatic rings. The maximum absolute atomic E-state index is 12.3. The second-order valence-electron chi connectivity index (χ2n) is 4.91. The van der Waals surface area contributed by atoms with Crippen LogP contribution in [0.1, 0.15) is 21.8 Å². The highest BCUT2D eigenvalue weighted by molar-refractivity contribution is 7.89. The summed E-state index contributed by atoms with van der Waals surface area (Å²) in [4.78, 5) is 12.1. The molecule has 0 atom stereocenters. The number of carbonyl (C=O) groups excluding carboxylic acids is 1. The van der Waals surface area contributed by atoms with E-state index in [0.717, 1.165) is 4.31 Å². The van der Waals surface area contributed by atoms with E-state index < -0.39 is 15.9 Å². The van der Waals surface area contributed by atoms with Gasteiger partial charge in [0.1, 0.15) is 0 Å². The largest absolute Gasteiger partial charge is 0.351 e. The number of benzene rings is 1. The summed E-state index contributed by atoms with van der Waals surface area (Å²) in [5.41, 5.74) is 1.10. The molecule has 0 aliphatic heterocycles. The molecule has 0 radical (unpaired) electrons. The standard InChI is InChI=1S/C14H17N3O4S/c1-10-8-12(21-16-10)14(18)15-9-11-6-4-5-7-13(11)22(19,20)17(2)3/h4-8H,9H2,1-3H3,(H,15,18). The zero-order valence-electron chi connectivity index (χ0n) is 12.5. The van der Waals surface area contributed by atoms with Crippen LogP contribution in [0.15, 0.2) is 39.8 Å². The van der Waals surface area contributed by atoms with Gasteiger partial charge in [-0.25, -0.2) is 12.7 Å². The topological polar surface area (TPSA) is 92.5 Å². The van der Waals surface area contributed by atoms with Gasteiger partial charge in [0.2, 0.25) is 15.8 Å². The molecule has 0 bridgehead atoms. The summed E-state index contributed by atoms with van der Waals surface area (Å²) < 4.78 is 30.5. The minimum atomic E-state index is -3.57. The lowest BCUT2D eigenvalue weighted by Gasteiger charge is -2.15. The molecule has 0 saturated heterocycles. The van der Waals surface area contributed by atoms with Crippen molar-refractivity contribution in [2.75, 3.05) is 14.1 Å². The van der Waals surface area contributed by atoms with Gasteiger partial charge in [-0.1, -0.05) is 23.4 Å². The van der Waals surface area contributed by atoms with Crippen LogP contribution in [0.2, 0.25) is 0 Å². The smallest absolute Gasteiger partial charge is 0.290 e. The van der Waals surface area contributed by atoms with Gasteiger partial charge in [0.05, 0.1) is 10.6 Å². The first kappa shape index (κ1) is 16.2. The molecule has 1 heterocycles. The average molecular weight is 323 g/mol. The number of aromatic nitrogens is 1. The maximum Gasteiger partial charge on any atom is 0.290 e. The number of hydrogen-bond donors (Lipinski definition) is 1. The highest BCUT2D eigenvalue weighted by atomic mass is 32.2. The van der Waals surface area contributed by atoms with Crippen molar-refractivity contribution < 1.29 is 17.7 Å². The Morgan fingerprint density at radius 2 is 2.00 bits per heavy atom. The van der Waals surface area contributed by atoms with Crippen molar-refractivity contribution in [2.24, 2.45) is 0 Å². The van der Waals surface area contributed by atoms with Crippen LogP contribution < -0.4 is 5.32 Å². The number of hydrogen-bond acceptors (Lipinski definition) is 5. The first-order valence-electron chi connectivity index (χ1n) is 6.54. The van der Waals surface area contributed by atoms with Gasteiger partial charge in [0.15, 0.2) is 0 Å². The third-order valence-corrected chi connectivity index (χ3v) is 4.94. The monoisotopic (exact) mass is 323 g/mol. The number of sulfonamides is 1. The van der Waals surface area contributed by atoms with Gasteiger partial charge < -0.3 is 9.84 Å². The Balaban J connectivity index is 2.19. The Morgan fingerprint density at radius 1 is 1.32 bits per heavy atom. The Hall–Kier alpha value is -2.19. The van der Waals surface area contributed by atoms with E-state index in [4.69, 9.17) is 4.52 Å². The van der Waals surface area contributed by atoms with E-state index >= 15 is 0 Å². The normalized spacial score (nSPS) is 11.6. The number of amides is 1. The number of aryl methyl sites for hydroxylation is 1. The summed E-state index contributed by atoms with van der Waals surface area (Å²) in [5, 5.41) is 6.26. The molecule has 1 amide bonds. The predicted octanol–water partition coefficient (Wildman–Crippen LogP) is 1.16. The van der Waals surface area contributed by atoms with E-state index in [0.29, 0.717) is 11.3 Å². The molecule has 8 heteroatoms. The molecule has 0 spiro atoms. The third kappa shape index (κ3) is 3.34. The van der Waals surface area contributed by atoms with Crippen LogP contribution in [0.5, 0.6) is 0 Å². The van der Waals surface area contributed by atoms with Crippen LogP contribution in [0.25, 0.3) is 0 Å². The SMILES string of the molecule is Cc1cc(C(=O)NCc2ccccc2S(=O)(=O)N(C)C)on1. The predicted molar refractivity (Wildman–Crippen MR) is 79.7 cm³/mol. The van der Waals surface area contributed by atoms with E-state index in [9.17, 15) is 13.2 Å². The minimum absolute atomic E-state index is 0.0713. The molecule has 2 aromatic rings. The summed E-state index contributed by atoms with van der Waals surface area (Å²) in [6.45, 7) is 1.78. The molecular formula is C14H17N3O4S. The first-order valence-corrected chi connectivity index (χ1v) is 7.98. The summed E-state index contributed by atoms with van der Waals surface area (Å²) in [7, 11) is -0.649. The Morgan fingerprint density at radius 3 is 2.59 bits per heavy atom. The molecule has 0 aliphatic carbocycles. The highest BCUT2D eigenvalue weighted by Gasteiger charge is 2.21. The molecule has 118 valence electrons. The van der Waals surface area contributed by atoms with Gasteiger partial charge >= 0.3 is 0 Å². The lowest BCUT2D eigenvalue weighted by Crippen LogP contribution is -2.26. The molecular weight excluding hydrogens is 306 g/mol. The Bertz CT molecular complexity index is 781. The number of rotatable bonds is 5. The Kier molecular flexibility index (Phi) is 4.62. The van der Waals surface area contributed by atoms with Crippen molar-refractivity contribution in [1.29, 1.82) is 0 Å². The fourth-order valence-electron chi connectivity index (χ4n) is 1.83. The second-order valence-corrected chi connectivity index (χ2v) is 7.03. The van der Waals surface area contributed by atoms with E-state index in [-0.39, 0.29) is 17.2 Å². The molecule has 2 rings (SSSR count). The summed E-state index contributed by atoms with van der Waals surface area (Å²) in [6.07, 6.45) is 0. The first-order chi connectivity index (χ1) is 10.3. The summed E-state index contributed by atoms with van der Waals surface area (Å²) >= 11 is 0. The van der Waals surface area contributed by atoms with Crippen molar-refractivity contribution in [3.8, 4) is 0 Å². The van der Waals surface area contributed by atoms with Crippen molar-refractivity contribution in [3.05, 3.63) is 47.3 Å². The van der Waals surface area contributed by atoms with Crippen LogP contribution in [-0.4, -0.2) is 37.9 Å². The van der Waals surface area contributed by atoms with Gasteiger partial charge in [0.25, 0.3) is 5.91 Å². The second kappa shape index (κ2) is 6.29. The molecule has 7 nitrogen and oxygen atoms in total. The quantitative estimate of drug-likeness (QED) is 0.891. The van der Waals surface area contributed by atoms with Crippen molar-refractivity contribution >= 4 is 15.9 Å². The molecule has 0 unspecified atom stereocenters. The maximum atomic E-state index is 12.3.